The molecule has 0 saturated carbocycles. The van der Waals surface area contributed by atoms with Crippen molar-refractivity contribution in [2.45, 2.75) is 31.6 Å². The van der Waals surface area contributed by atoms with E-state index in [1.54, 1.807) is 23.1 Å². The molecule has 0 spiro atoms. The molecule has 2 aromatic carbocycles. The van der Waals surface area contributed by atoms with Gasteiger partial charge in [0.25, 0.3) is 11.8 Å². The van der Waals surface area contributed by atoms with Gasteiger partial charge in [-0.2, -0.15) is 4.31 Å². The Labute approximate surface area is 188 Å². The molecule has 4 rings (SSSR count). The molecule has 0 bridgehead atoms. The molecule has 2 heterocycles. The number of anilines is 2. The summed E-state index contributed by atoms with van der Waals surface area (Å²) in [6.45, 7) is 5.70. The number of sulfonamides is 1. The fourth-order valence-corrected chi connectivity index (χ4v) is 5.42. The van der Waals surface area contributed by atoms with Crippen LogP contribution < -0.4 is 15.0 Å². The second-order valence-corrected chi connectivity index (χ2v) is 10.4. The lowest BCUT2D eigenvalue weighted by molar-refractivity contribution is -0.121. The van der Waals surface area contributed by atoms with E-state index in [2.05, 4.69) is 5.32 Å². The van der Waals surface area contributed by atoms with E-state index in [-0.39, 0.29) is 23.3 Å². The predicted octanol–water partition coefficient (Wildman–Crippen LogP) is 3.10. The normalized spacial score (nSPS) is 16.7. The van der Waals surface area contributed by atoms with Crippen molar-refractivity contribution >= 4 is 33.2 Å². The molecule has 2 aromatic rings. The van der Waals surface area contributed by atoms with E-state index in [4.69, 9.17) is 4.74 Å². The third-order valence-electron chi connectivity index (χ3n) is 5.53. The van der Waals surface area contributed by atoms with Crippen LogP contribution in [0.3, 0.4) is 0 Å². The number of rotatable bonds is 6. The predicted molar refractivity (Wildman–Crippen MR) is 122 cm³/mol. The Balaban J connectivity index is 1.48. The van der Waals surface area contributed by atoms with Crippen LogP contribution in [-0.4, -0.2) is 50.8 Å². The third-order valence-corrected chi connectivity index (χ3v) is 7.44. The summed E-state index contributed by atoms with van der Waals surface area (Å²) in [5.74, 6) is 0.393. The van der Waals surface area contributed by atoms with Crippen molar-refractivity contribution in [1.82, 2.24) is 4.31 Å². The van der Waals surface area contributed by atoms with Crippen molar-refractivity contribution in [3.05, 3.63) is 48.0 Å². The average molecular weight is 458 g/mol. The highest BCUT2D eigenvalue weighted by Gasteiger charge is 2.28. The molecule has 2 amide bonds. The standard InChI is InChI=1S/C23H27N3O5S/c1-16(2)14-26-20-10-7-18(13-21(20)31-15-22(26)27)24-23(28)17-5-8-19(9-6-17)32(29,30)25-11-3-4-12-25/h5-10,13,16H,3-4,11-12,14-15H2,1-2H3,(H,24,28). The minimum absolute atomic E-state index is 0.0376. The fourth-order valence-electron chi connectivity index (χ4n) is 3.91. The summed E-state index contributed by atoms with van der Waals surface area (Å²) in [7, 11) is -3.52. The van der Waals surface area contributed by atoms with Gasteiger partial charge in [0.1, 0.15) is 5.75 Å². The van der Waals surface area contributed by atoms with E-state index in [1.165, 1.54) is 28.6 Å². The van der Waals surface area contributed by atoms with Gasteiger partial charge in [0.2, 0.25) is 10.0 Å². The summed E-state index contributed by atoms with van der Waals surface area (Å²) < 4.78 is 32.3. The molecule has 2 aliphatic heterocycles. The Morgan fingerprint density at radius 1 is 1.09 bits per heavy atom. The van der Waals surface area contributed by atoms with Crippen LogP contribution in [0.2, 0.25) is 0 Å². The number of hydrogen-bond donors (Lipinski definition) is 1. The van der Waals surface area contributed by atoms with Crippen molar-refractivity contribution in [3.8, 4) is 5.75 Å². The van der Waals surface area contributed by atoms with Crippen LogP contribution in [0, 0.1) is 5.92 Å². The zero-order valence-electron chi connectivity index (χ0n) is 18.2. The molecule has 9 heteroatoms. The molecule has 0 radical (unpaired) electrons. The first-order chi connectivity index (χ1) is 15.3. The lowest BCUT2D eigenvalue weighted by atomic mass is 10.1. The number of carbonyl (C=O) groups is 2. The van der Waals surface area contributed by atoms with Crippen molar-refractivity contribution in [3.63, 3.8) is 0 Å². The highest BCUT2D eigenvalue weighted by Crippen LogP contribution is 2.35. The maximum atomic E-state index is 12.7. The first-order valence-corrected chi connectivity index (χ1v) is 12.2. The number of benzene rings is 2. The number of nitrogens with one attached hydrogen (secondary N) is 1. The van der Waals surface area contributed by atoms with Gasteiger partial charge in [0.05, 0.1) is 10.6 Å². The number of hydrogen-bond acceptors (Lipinski definition) is 5. The summed E-state index contributed by atoms with van der Waals surface area (Å²) in [5.41, 5.74) is 1.56. The summed E-state index contributed by atoms with van der Waals surface area (Å²) >= 11 is 0. The molecule has 8 nitrogen and oxygen atoms in total. The number of carbonyl (C=O) groups excluding carboxylic acids is 2. The van der Waals surface area contributed by atoms with Crippen molar-refractivity contribution in [2.75, 3.05) is 36.5 Å². The van der Waals surface area contributed by atoms with E-state index in [1.807, 2.05) is 13.8 Å². The maximum absolute atomic E-state index is 12.7. The second kappa shape index (κ2) is 8.91. The highest BCUT2D eigenvalue weighted by molar-refractivity contribution is 7.89. The van der Waals surface area contributed by atoms with Gasteiger partial charge >= 0.3 is 0 Å². The molecule has 1 N–H and O–H groups in total. The first kappa shape index (κ1) is 22.3. The van der Waals surface area contributed by atoms with Crippen molar-refractivity contribution in [1.29, 1.82) is 0 Å². The quantitative estimate of drug-likeness (QED) is 0.719. The second-order valence-electron chi connectivity index (χ2n) is 8.46. The SMILES string of the molecule is CC(C)CN1C(=O)COc2cc(NC(=O)c3ccc(S(=O)(=O)N4CCCC4)cc3)ccc21. The Morgan fingerprint density at radius 2 is 1.78 bits per heavy atom. The minimum atomic E-state index is -3.52. The molecule has 1 saturated heterocycles. The molecule has 0 aromatic heterocycles. The Morgan fingerprint density at radius 3 is 2.44 bits per heavy atom. The molecular weight excluding hydrogens is 430 g/mol. The molecule has 2 aliphatic rings. The van der Waals surface area contributed by atoms with E-state index in [0.717, 1.165) is 12.8 Å². The zero-order chi connectivity index (χ0) is 22.9. The van der Waals surface area contributed by atoms with Gasteiger partial charge in [-0.3, -0.25) is 9.59 Å². The number of nitrogens with zero attached hydrogens (tertiary/aromatic N) is 2. The van der Waals surface area contributed by atoms with Gasteiger partial charge in [-0.15, -0.1) is 0 Å². The van der Waals surface area contributed by atoms with Gasteiger partial charge < -0.3 is 15.0 Å². The van der Waals surface area contributed by atoms with Gasteiger partial charge in [-0.05, 0) is 55.2 Å². The van der Waals surface area contributed by atoms with E-state index in [0.29, 0.717) is 48.2 Å². The Kier molecular flexibility index (Phi) is 6.21. The summed E-state index contributed by atoms with van der Waals surface area (Å²) in [4.78, 5) is 26.8. The molecule has 0 unspecified atom stereocenters. The molecule has 32 heavy (non-hydrogen) atoms. The van der Waals surface area contributed by atoms with Crippen LogP contribution in [-0.2, 0) is 14.8 Å². The van der Waals surface area contributed by atoms with E-state index >= 15 is 0 Å². The van der Waals surface area contributed by atoms with Crippen LogP contribution in [0.15, 0.2) is 47.4 Å². The molecule has 0 atom stereocenters. The van der Waals surface area contributed by atoms with E-state index < -0.39 is 10.0 Å². The molecule has 0 aliphatic carbocycles. The van der Waals surface area contributed by atoms with Crippen LogP contribution in [0.4, 0.5) is 11.4 Å². The monoisotopic (exact) mass is 457 g/mol. The number of ether oxygens (including phenoxy) is 1. The lowest BCUT2D eigenvalue weighted by Gasteiger charge is -2.31. The molecular formula is C23H27N3O5S. The average Bonchev–Trinajstić information content (AvgIpc) is 3.31. The number of amides is 2. The first-order valence-electron chi connectivity index (χ1n) is 10.7. The van der Waals surface area contributed by atoms with Crippen LogP contribution in [0.5, 0.6) is 5.75 Å². The third kappa shape index (κ3) is 4.49. The topological polar surface area (TPSA) is 96.0 Å². The van der Waals surface area contributed by atoms with Crippen LogP contribution in [0.25, 0.3) is 0 Å². The molecule has 1 fully saturated rings. The highest BCUT2D eigenvalue weighted by atomic mass is 32.2. The van der Waals surface area contributed by atoms with Gasteiger partial charge in [-0.25, -0.2) is 8.42 Å². The minimum Gasteiger partial charge on any atom is -0.481 e. The van der Waals surface area contributed by atoms with Gasteiger partial charge in [0, 0.05) is 37.0 Å². The zero-order valence-corrected chi connectivity index (χ0v) is 19.0. The van der Waals surface area contributed by atoms with Crippen molar-refractivity contribution in [2.24, 2.45) is 5.92 Å². The Bertz CT molecular complexity index is 1120. The lowest BCUT2D eigenvalue weighted by Crippen LogP contribution is -2.40. The smallest absolute Gasteiger partial charge is 0.265 e. The van der Waals surface area contributed by atoms with Gasteiger partial charge in [-0.1, -0.05) is 13.8 Å². The summed E-state index contributed by atoms with van der Waals surface area (Å²) in [6, 6.07) is 11.1. The fraction of sp³-hybridized carbons (Fsp3) is 0.391. The van der Waals surface area contributed by atoms with Gasteiger partial charge in [0.15, 0.2) is 6.61 Å². The molecule has 170 valence electrons. The van der Waals surface area contributed by atoms with E-state index in [9.17, 15) is 18.0 Å². The van der Waals surface area contributed by atoms with Crippen molar-refractivity contribution < 1.29 is 22.7 Å². The summed E-state index contributed by atoms with van der Waals surface area (Å²) in [6.07, 6.45) is 1.74. The number of fused-ring (bicyclic) bond motifs is 1. The Hall–Kier alpha value is -2.91. The maximum Gasteiger partial charge on any atom is 0.265 e. The summed E-state index contributed by atoms with van der Waals surface area (Å²) in [5, 5.41) is 2.81. The van der Waals surface area contributed by atoms with Crippen LogP contribution >= 0.6 is 0 Å². The largest absolute Gasteiger partial charge is 0.481 e. The van der Waals surface area contributed by atoms with Crippen LogP contribution in [0.1, 0.15) is 37.0 Å².